The number of nitrogens with zero attached hydrogens (tertiary/aromatic N) is 1. The number of amides is 2. The Morgan fingerprint density at radius 3 is 2.33 bits per heavy atom. The lowest BCUT2D eigenvalue weighted by Crippen LogP contribution is -2.46. The van der Waals surface area contributed by atoms with Crippen molar-refractivity contribution >= 4 is 6.03 Å². The van der Waals surface area contributed by atoms with Crippen molar-refractivity contribution in [2.24, 2.45) is 5.92 Å². The topological polar surface area (TPSA) is 32.3 Å². The summed E-state index contributed by atoms with van der Waals surface area (Å²) < 4.78 is 13.1. The number of hydrogen-bond acceptors (Lipinski definition) is 1. The predicted molar refractivity (Wildman–Crippen MR) is 105 cm³/mol. The first-order valence-corrected chi connectivity index (χ1v) is 9.97. The van der Waals surface area contributed by atoms with Crippen LogP contribution in [0.4, 0.5) is 9.18 Å². The summed E-state index contributed by atoms with van der Waals surface area (Å²) >= 11 is 0. The first-order valence-electron chi connectivity index (χ1n) is 9.97. The highest BCUT2D eigenvalue weighted by Crippen LogP contribution is 2.47. The van der Waals surface area contributed by atoms with Gasteiger partial charge >= 0.3 is 6.03 Å². The van der Waals surface area contributed by atoms with Crippen LogP contribution in [-0.2, 0) is 11.8 Å². The molecule has 0 bridgehead atoms. The van der Waals surface area contributed by atoms with Gasteiger partial charge in [0.2, 0.25) is 0 Å². The van der Waals surface area contributed by atoms with E-state index in [9.17, 15) is 9.18 Å². The van der Waals surface area contributed by atoms with Crippen molar-refractivity contribution in [1.82, 2.24) is 10.2 Å². The van der Waals surface area contributed by atoms with Crippen molar-refractivity contribution in [3.8, 4) is 0 Å². The van der Waals surface area contributed by atoms with Crippen LogP contribution < -0.4 is 5.32 Å². The Hall–Kier alpha value is -2.36. The van der Waals surface area contributed by atoms with Crippen LogP contribution in [0.3, 0.4) is 0 Å². The lowest BCUT2D eigenvalue weighted by molar-refractivity contribution is 0.169. The Balaban J connectivity index is 1.25. The minimum Gasteiger partial charge on any atom is -0.337 e. The van der Waals surface area contributed by atoms with Crippen LogP contribution in [0.2, 0.25) is 0 Å². The van der Waals surface area contributed by atoms with Gasteiger partial charge in [-0.3, -0.25) is 0 Å². The number of halogens is 1. The van der Waals surface area contributed by atoms with E-state index in [4.69, 9.17) is 0 Å². The number of piperidine rings is 1. The zero-order valence-corrected chi connectivity index (χ0v) is 15.7. The van der Waals surface area contributed by atoms with Gasteiger partial charge in [-0.2, -0.15) is 0 Å². The number of nitrogens with one attached hydrogen (secondary N) is 1. The fourth-order valence-corrected chi connectivity index (χ4v) is 4.17. The molecule has 0 radical (unpaired) electrons. The summed E-state index contributed by atoms with van der Waals surface area (Å²) in [6.45, 7) is 2.29. The van der Waals surface area contributed by atoms with Crippen LogP contribution in [0.15, 0.2) is 54.6 Å². The largest absolute Gasteiger partial charge is 0.337 e. The second-order valence-corrected chi connectivity index (χ2v) is 8.07. The summed E-state index contributed by atoms with van der Waals surface area (Å²) in [6.07, 6.45) is 5.33. The summed E-state index contributed by atoms with van der Waals surface area (Å²) in [7, 11) is 0. The average molecular weight is 366 g/mol. The van der Waals surface area contributed by atoms with Gasteiger partial charge in [-0.1, -0.05) is 42.5 Å². The number of benzene rings is 2. The van der Waals surface area contributed by atoms with Gasteiger partial charge in [-0.05, 0) is 61.3 Å². The fraction of sp³-hybridized carbons (Fsp3) is 0.435. The monoisotopic (exact) mass is 366 g/mol. The molecule has 1 saturated carbocycles. The van der Waals surface area contributed by atoms with Gasteiger partial charge < -0.3 is 10.2 Å². The van der Waals surface area contributed by atoms with Gasteiger partial charge in [0.25, 0.3) is 0 Å². The minimum absolute atomic E-state index is 0.00892. The van der Waals surface area contributed by atoms with Crippen molar-refractivity contribution in [3.63, 3.8) is 0 Å². The summed E-state index contributed by atoms with van der Waals surface area (Å²) in [6, 6.07) is 17.4. The Labute approximate surface area is 160 Å². The van der Waals surface area contributed by atoms with E-state index >= 15 is 0 Å². The van der Waals surface area contributed by atoms with Crippen LogP contribution in [0.1, 0.15) is 36.8 Å². The molecule has 2 aliphatic rings. The quantitative estimate of drug-likeness (QED) is 0.829. The Morgan fingerprint density at radius 1 is 1.04 bits per heavy atom. The molecule has 2 fully saturated rings. The molecule has 1 aliphatic heterocycles. The summed E-state index contributed by atoms with van der Waals surface area (Å²) in [4.78, 5) is 14.5. The molecule has 2 aromatic carbocycles. The summed E-state index contributed by atoms with van der Waals surface area (Å²) in [5, 5.41) is 3.13. The maximum Gasteiger partial charge on any atom is 0.317 e. The molecule has 0 unspecified atom stereocenters. The molecule has 1 saturated heterocycles. The third-order valence-corrected chi connectivity index (χ3v) is 6.16. The van der Waals surface area contributed by atoms with Crippen molar-refractivity contribution in [3.05, 3.63) is 71.5 Å². The van der Waals surface area contributed by atoms with Crippen molar-refractivity contribution in [2.45, 2.75) is 37.5 Å². The zero-order valence-electron chi connectivity index (χ0n) is 15.7. The van der Waals surface area contributed by atoms with Gasteiger partial charge in [-0.15, -0.1) is 0 Å². The highest BCUT2D eigenvalue weighted by Gasteiger charge is 2.44. The molecule has 27 heavy (non-hydrogen) atoms. The molecule has 1 heterocycles. The zero-order chi connectivity index (χ0) is 18.7. The van der Waals surface area contributed by atoms with E-state index in [0.29, 0.717) is 12.5 Å². The molecule has 0 atom stereocenters. The molecule has 0 aromatic heterocycles. The molecular weight excluding hydrogens is 339 g/mol. The fourth-order valence-electron chi connectivity index (χ4n) is 4.17. The minimum atomic E-state index is -0.211. The molecule has 2 aromatic rings. The van der Waals surface area contributed by atoms with E-state index in [1.54, 1.807) is 0 Å². The second kappa shape index (κ2) is 7.71. The Morgan fingerprint density at radius 2 is 1.70 bits per heavy atom. The number of urea groups is 1. The maximum absolute atomic E-state index is 13.1. The normalized spacial score (nSPS) is 18.9. The molecule has 1 aliphatic carbocycles. The first kappa shape index (κ1) is 18.0. The Bertz CT molecular complexity index is 763. The molecule has 2 amide bonds. The van der Waals surface area contributed by atoms with Crippen molar-refractivity contribution in [2.75, 3.05) is 19.6 Å². The molecule has 1 N–H and O–H groups in total. The number of hydrogen-bond donors (Lipinski definition) is 1. The first-order chi connectivity index (χ1) is 13.1. The van der Waals surface area contributed by atoms with E-state index in [0.717, 1.165) is 50.8 Å². The van der Waals surface area contributed by atoms with Crippen LogP contribution in [0.25, 0.3) is 0 Å². The van der Waals surface area contributed by atoms with E-state index in [2.05, 4.69) is 35.6 Å². The van der Waals surface area contributed by atoms with Crippen LogP contribution in [-0.4, -0.2) is 30.6 Å². The number of likely N-dealkylation sites (tertiary alicyclic amines) is 1. The van der Waals surface area contributed by atoms with E-state index in [-0.39, 0.29) is 17.3 Å². The highest BCUT2D eigenvalue weighted by atomic mass is 19.1. The number of carbonyl (C=O) groups excluding carboxylic acids is 1. The molecule has 4 heteroatoms. The van der Waals surface area contributed by atoms with Crippen molar-refractivity contribution < 1.29 is 9.18 Å². The van der Waals surface area contributed by atoms with Gasteiger partial charge in [0.15, 0.2) is 0 Å². The van der Waals surface area contributed by atoms with Gasteiger partial charge in [0.1, 0.15) is 5.82 Å². The molecule has 142 valence electrons. The van der Waals surface area contributed by atoms with Crippen molar-refractivity contribution in [1.29, 1.82) is 0 Å². The SMILES string of the molecule is O=C(NCC1(c2ccc(F)cc2)CC1)N1CCC(Cc2ccccc2)CC1. The summed E-state index contributed by atoms with van der Waals surface area (Å²) in [5.74, 6) is 0.447. The number of carbonyl (C=O) groups is 1. The number of rotatable bonds is 5. The van der Waals surface area contributed by atoms with Gasteiger partial charge in [0.05, 0.1) is 0 Å². The van der Waals surface area contributed by atoms with Crippen LogP contribution in [0.5, 0.6) is 0 Å². The van der Waals surface area contributed by atoms with Crippen LogP contribution >= 0.6 is 0 Å². The second-order valence-electron chi connectivity index (χ2n) is 8.07. The van der Waals surface area contributed by atoms with Crippen LogP contribution in [0, 0.1) is 11.7 Å². The van der Waals surface area contributed by atoms with E-state index in [1.807, 2.05) is 17.0 Å². The smallest absolute Gasteiger partial charge is 0.317 e. The molecule has 4 rings (SSSR count). The van der Waals surface area contributed by atoms with Gasteiger partial charge in [0, 0.05) is 25.0 Å². The molecule has 3 nitrogen and oxygen atoms in total. The predicted octanol–water partition coefficient (Wildman–Crippen LogP) is 4.52. The lowest BCUT2D eigenvalue weighted by Gasteiger charge is -2.32. The summed E-state index contributed by atoms with van der Waals surface area (Å²) in [5.41, 5.74) is 2.52. The third kappa shape index (κ3) is 4.32. The maximum atomic E-state index is 13.1. The molecular formula is C23H27FN2O. The Kier molecular flexibility index (Phi) is 5.15. The van der Waals surface area contributed by atoms with E-state index < -0.39 is 0 Å². The van der Waals surface area contributed by atoms with Gasteiger partial charge in [-0.25, -0.2) is 9.18 Å². The standard InChI is InChI=1S/C23H27FN2O/c24-21-8-6-20(7-9-21)23(12-13-23)17-25-22(27)26-14-10-19(11-15-26)16-18-4-2-1-3-5-18/h1-9,19H,10-17H2,(H,25,27). The van der Waals surface area contributed by atoms with E-state index in [1.165, 1.54) is 17.7 Å². The lowest BCUT2D eigenvalue weighted by atomic mass is 9.90. The highest BCUT2D eigenvalue weighted by molar-refractivity contribution is 5.74. The average Bonchev–Trinajstić information content (AvgIpc) is 3.49. The molecule has 0 spiro atoms. The third-order valence-electron chi connectivity index (χ3n) is 6.16.